The van der Waals surface area contributed by atoms with Crippen molar-refractivity contribution in [2.75, 3.05) is 31.6 Å². The number of piperidine rings is 1. The lowest BCUT2D eigenvalue weighted by molar-refractivity contribution is -0.141. The molecule has 8 heteroatoms. The standard InChI is InChI=1S/C24H36F3N3O2/c1-7-18(23(3,4)5)14-21(32)30-12-10-17(11-13-30)15-29(6)20-9-8-19(16(2)31)22(28-20)24(25,26)27/h8-9,17-18H,7,10-15H2,1-6H3. The SMILES string of the molecule is CCC(CC(=O)N1CCC(CN(C)c2ccc(C(C)=O)c(C(F)(F)F)n2)CC1)C(C)(C)C. The number of rotatable bonds is 7. The van der Waals surface area contributed by atoms with Gasteiger partial charge in [0.15, 0.2) is 11.5 Å². The van der Waals surface area contributed by atoms with Crippen molar-refractivity contribution in [1.82, 2.24) is 9.88 Å². The summed E-state index contributed by atoms with van der Waals surface area (Å²) in [5.74, 6) is 0.322. The van der Waals surface area contributed by atoms with Crippen molar-refractivity contribution in [2.24, 2.45) is 17.3 Å². The predicted octanol–water partition coefficient (Wildman–Crippen LogP) is 5.44. The van der Waals surface area contributed by atoms with Gasteiger partial charge >= 0.3 is 6.18 Å². The number of aromatic nitrogens is 1. The molecule has 32 heavy (non-hydrogen) atoms. The summed E-state index contributed by atoms with van der Waals surface area (Å²) in [6.45, 7) is 11.6. The van der Waals surface area contributed by atoms with Crippen LogP contribution in [-0.2, 0) is 11.0 Å². The van der Waals surface area contributed by atoms with Crippen LogP contribution in [0.1, 0.15) is 76.4 Å². The van der Waals surface area contributed by atoms with Gasteiger partial charge in [-0.25, -0.2) is 4.98 Å². The van der Waals surface area contributed by atoms with E-state index in [9.17, 15) is 22.8 Å². The molecule has 1 unspecified atom stereocenters. The van der Waals surface area contributed by atoms with E-state index >= 15 is 0 Å². The maximum Gasteiger partial charge on any atom is 0.434 e. The number of nitrogens with zero attached hydrogens (tertiary/aromatic N) is 3. The lowest BCUT2D eigenvalue weighted by Crippen LogP contribution is -2.42. The summed E-state index contributed by atoms with van der Waals surface area (Å²) < 4.78 is 40.0. The summed E-state index contributed by atoms with van der Waals surface area (Å²) in [5.41, 5.74) is -1.47. The van der Waals surface area contributed by atoms with Crippen LogP contribution in [0.25, 0.3) is 0 Å². The Hall–Kier alpha value is -2.12. The third kappa shape index (κ3) is 6.69. The minimum absolute atomic E-state index is 0.0889. The van der Waals surface area contributed by atoms with E-state index in [-0.39, 0.29) is 23.1 Å². The van der Waals surface area contributed by atoms with E-state index in [2.05, 4.69) is 32.7 Å². The fourth-order valence-corrected chi connectivity index (χ4v) is 4.41. The van der Waals surface area contributed by atoms with Crippen molar-refractivity contribution >= 4 is 17.5 Å². The first-order valence-corrected chi connectivity index (χ1v) is 11.3. The molecular formula is C24H36F3N3O2. The smallest absolute Gasteiger partial charge is 0.359 e. The molecule has 0 N–H and O–H groups in total. The fraction of sp³-hybridized carbons (Fsp3) is 0.708. The number of hydrogen-bond donors (Lipinski definition) is 0. The molecule has 180 valence electrons. The van der Waals surface area contributed by atoms with Gasteiger partial charge in [-0.05, 0) is 49.1 Å². The Bertz CT molecular complexity index is 810. The van der Waals surface area contributed by atoms with E-state index in [1.165, 1.54) is 12.1 Å². The van der Waals surface area contributed by atoms with E-state index < -0.39 is 23.2 Å². The third-order valence-electron chi connectivity index (χ3n) is 6.56. The average molecular weight is 456 g/mol. The van der Waals surface area contributed by atoms with Crippen molar-refractivity contribution < 1.29 is 22.8 Å². The highest BCUT2D eigenvalue weighted by molar-refractivity contribution is 5.95. The zero-order valence-electron chi connectivity index (χ0n) is 20.1. The number of ketones is 1. The number of Topliss-reactive ketones (excluding diaryl/α,β-unsaturated/α-hetero) is 1. The van der Waals surface area contributed by atoms with Crippen LogP contribution in [0.2, 0.25) is 0 Å². The molecule has 0 radical (unpaired) electrons. The fourth-order valence-electron chi connectivity index (χ4n) is 4.41. The highest BCUT2D eigenvalue weighted by atomic mass is 19.4. The van der Waals surface area contributed by atoms with Crippen LogP contribution in [0.15, 0.2) is 12.1 Å². The third-order valence-corrected chi connectivity index (χ3v) is 6.56. The molecule has 1 saturated heterocycles. The molecule has 0 aliphatic carbocycles. The molecule has 0 saturated carbocycles. The lowest BCUT2D eigenvalue weighted by Gasteiger charge is -2.36. The number of amides is 1. The molecule has 1 amide bonds. The van der Waals surface area contributed by atoms with Gasteiger partial charge in [-0.1, -0.05) is 34.1 Å². The van der Waals surface area contributed by atoms with Gasteiger partial charge in [0, 0.05) is 38.7 Å². The number of pyridine rings is 1. The number of halogens is 3. The second-order valence-corrected chi connectivity index (χ2v) is 10.00. The second-order valence-electron chi connectivity index (χ2n) is 10.00. The van der Waals surface area contributed by atoms with Gasteiger partial charge in [0.1, 0.15) is 5.82 Å². The second kappa shape index (κ2) is 10.2. The summed E-state index contributed by atoms with van der Waals surface area (Å²) in [4.78, 5) is 31.7. The van der Waals surface area contributed by atoms with Crippen molar-refractivity contribution in [3.8, 4) is 0 Å². The van der Waals surface area contributed by atoms with Crippen LogP contribution in [0.3, 0.4) is 0 Å². The molecule has 1 fully saturated rings. The maximum atomic E-state index is 13.3. The highest BCUT2D eigenvalue weighted by Gasteiger charge is 2.37. The number of carbonyl (C=O) groups is 2. The van der Waals surface area contributed by atoms with Gasteiger partial charge in [0.25, 0.3) is 0 Å². The molecule has 2 heterocycles. The van der Waals surface area contributed by atoms with Crippen LogP contribution >= 0.6 is 0 Å². The van der Waals surface area contributed by atoms with Gasteiger partial charge in [0.05, 0.1) is 0 Å². The number of anilines is 1. The molecule has 1 aromatic rings. The summed E-state index contributed by atoms with van der Waals surface area (Å²) in [5, 5.41) is 0. The predicted molar refractivity (Wildman–Crippen MR) is 120 cm³/mol. The maximum absolute atomic E-state index is 13.3. The molecule has 1 aliphatic heterocycles. The van der Waals surface area contributed by atoms with E-state index in [1.807, 2.05) is 4.90 Å². The van der Waals surface area contributed by atoms with Crippen molar-refractivity contribution in [3.05, 3.63) is 23.4 Å². The first-order chi connectivity index (χ1) is 14.7. The van der Waals surface area contributed by atoms with Crippen LogP contribution in [0.4, 0.5) is 19.0 Å². The molecule has 1 atom stereocenters. The summed E-state index contributed by atoms with van der Waals surface area (Å²) in [6.07, 6.45) is -1.56. The Labute approximate surface area is 189 Å². The Balaban J connectivity index is 1.97. The monoisotopic (exact) mass is 455 g/mol. The molecule has 0 spiro atoms. The van der Waals surface area contributed by atoms with E-state index in [0.717, 1.165) is 26.2 Å². The Morgan fingerprint density at radius 2 is 1.78 bits per heavy atom. The topological polar surface area (TPSA) is 53.5 Å². The van der Waals surface area contributed by atoms with Gasteiger partial charge in [-0.15, -0.1) is 0 Å². The number of hydrogen-bond acceptors (Lipinski definition) is 4. The van der Waals surface area contributed by atoms with Crippen molar-refractivity contribution in [3.63, 3.8) is 0 Å². The number of carbonyl (C=O) groups excluding carboxylic acids is 2. The van der Waals surface area contributed by atoms with E-state index in [1.54, 1.807) is 11.9 Å². The minimum Gasteiger partial charge on any atom is -0.359 e. The Kier molecular flexibility index (Phi) is 8.34. The average Bonchev–Trinajstić information content (AvgIpc) is 2.70. The van der Waals surface area contributed by atoms with Gasteiger partial charge < -0.3 is 9.80 Å². The molecular weight excluding hydrogens is 419 g/mol. The summed E-state index contributed by atoms with van der Waals surface area (Å²) in [6, 6.07) is 2.66. The molecule has 2 rings (SSSR count). The molecule has 0 aromatic carbocycles. The van der Waals surface area contributed by atoms with Gasteiger partial charge in [-0.3, -0.25) is 9.59 Å². The minimum atomic E-state index is -4.69. The zero-order valence-corrected chi connectivity index (χ0v) is 20.1. The quantitative estimate of drug-likeness (QED) is 0.514. The first kappa shape index (κ1) is 26.1. The Morgan fingerprint density at radius 1 is 1.19 bits per heavy atom. The van der Waals surface area contributed by atoms with Crippen LogP contribution in [-0.4, -0.2) is 48.3 Å². The molecule has 5 nitrogen and oxygen atoms in total. The summed E-state index contributed by atoms with van der Waals surface area (Å²) >= 11 is 0. The van der Waals surface area contributed by atoms with Crippen LogP contribution < -0.4 is 4.90 Å². The number of likely N-dealkylation sites (tertiary alicyclic amines) is 1. The first-order valence-electron chi connectivity index (χ1n) is 11.3. The van der Waals surface area contributed by atoms with E-state index in [0.29, 0.717) is 32.0 Å². The summed E-state index contributed by atoms with van der Waals surface area (Å²) in [7, 11) is 1.71. The zero-order chi connectivity index (χ0) is 24.3. The van der Waals surface area contributed by atoms with Crippen LogP contribution in [0, 0.1) is 17.3 Å². The molecule has 1 aromatic heterocycles. The van der Waals surface area contributed by atoms with Gasteiger partial charge in [-0.2, -0.15) is 13.2 Å². The lowest BCUT2D eigenvalue weighted by atomic mass is 9.77. The van der Waals surface area contributed by atoms with Crippen LogP contribution in [0.5, 0.6) is 0 Å². The van der Waals surface area contributed by atoms with E-state index in [4.69, 9.17) is 0 Å². The van der Waals surface area contributed by atoms with Crippen molar-refractivity contribution in [1.29, 1.82) is 0 Å². The largest absolute Gasteiger partial charge is 0.434 e. The Morgan fingerprint density at radius 3 is 2.25 bits per heavy atom. The molecule has 0 bridgehead atoms. The molecule has 1 aliphatic rings. The van der Waals surface area contributed by atoms with Gasteiger partial charge in [0.2, 0.25) is 5.91 Å². The normalized spacial score (nSPS) is 16.7. The number of alkyl halides is 3. The van der Waals surface area contributed by atoms with Crippen molar-refractivity contribution in [2.45, 2.75) is 66.5 Å². The highest BCUT2D eigenvalue weighted by Crippen LogP contribution is 2.34.